The lowest BCUT2D eigenvalue weighted by atomic mass is 9.78. The van der Waals surface area contributed by atoms with Crippen molar-refractivity contribution in [2.24, 2.45) is 17.6 Å². The summed E-state index contributed by atoms with van der Waals surface area (Å²) in [5.74, 6) is 0.422. The van der Waals surface area contributed by atoms with Gasteiger partial charge in [-0.05, 0) is 38.6 Å². The van der Waals surface area contributed by atoms with Gasteiger partial charge in [-0.25, -0.2) is 0 Å². The molecule has 100 valence electrons. The van der Waals surface area contributed by atoms with Crippen LogP contribution in [0.3, 0.4) is 0 Å². The summed E-state index contributed by atoms with van der Waals surface area (Å²) in [6.45, 7) is 4.57. The Morgan fingerprint density at radius 3 is 2.71 bits per heavy atom. The highest BCUT2D eigenvalue weighted by atomic mass is 16.3. The van der Waals surface area contributed by atoms with E-state index in [1.807, 2.05) is 6.92 Å². The van der Waals surface area contributed by atoms with Crippen LogP contribution in [0.5, 0.6) is 0 Å². The Morgan fingerprint density at radius 1 is 1.47 bits per heavy atom. The summed E-state index contributed by atoms with van der Waals surface area (Å²) < 4.78 is 0. The second kappa shape index (κ2) is 6.36. The molecule has 0 aliphatic heterocycles. The van der Waals surface area contributed by atoms with Crippen molar-refractivity contribution in [2.75, 3.05) is 13.1 Å². The van der Waals surface area contributed by atoms with Crippen LogP contribution in [0.25, 0.3) is 0 Å². The third-order valence-electron chi connectivity index (χ3n) is 3.95. The zero-order valence-electron chi connectivity index (χ0n) is 11.0. The van der Waals surface area contributed by atoms with Crippen molar-refractivity contribution >= 4 is 5.91 Å². The molecule has 1 saturated carbocycles. The maximum Gasteiger partial charge on any atom is 0.223 e. The number of aliphatic hydroxyl groups is 1. The summed E-state index contributed by atoms with van der Waals surface area (Å²) in [7, 11) is 0. The summed E-state index contributed by atoms with van der Waals surface area (Å²) in [4.78, 5) is 12.1. The standard InChI is InChI=1S/C13H26N2O2/c1-3-13(2,17)9-15-12(16)11-7-5-4-6-10(11)8-14/h10-11,17H,3-9,14H2,1-2H3,(H,15,16). The van der Waals surface area contributed by atoms with Gasteiger partial charge in [0.25, 0.3) is 0 Å². The molecule has 3 unspecified atom stereocenters. The summed E-state index contributed by atoms with van der Waals surface area (Å²) in [6.07, 6.45) is 4.91. The molecule has 0 saturated heterocycles. The third-order valence-corrected chi connectivity index (χ3v) is 3.95. The van der Waals surface area contributed by atoms with E-state index in [2.05, 4.69) is 5.32 Å². The predicted octanol–water partition coefficient (Wildman–Crippen LogP) is 1.03. The number of nitrogens with two attached hydrogens (primary N) is 1. The summed E-state index contributed by atoms with van der Waals surface area (Å²) in [6, 6.07) is 0. The van der Waals surface area contributed by atoms with Crippen LogP contribution in [-0.2, 0) is 4.79 Å². The van der Waals surface area contributed by atoms with E-state index < -0.39 is 5.60 Å². The predicted molar refractivity (Wildman–Crippen MR) is 68.4 cm³/mol. The molecule has 1 rings (SSSR count). The Morgan fingerprint density at radius 2 is 2.12 bits per heavy atom. The van der Waals surface area contributed by atoms with Crippen molar-refractivity contribution in [2.45, 2.75) is 51.6 Å². The van der Waals surface area contributed by atoms with E-state index in [9.17, 15) is 9.90 Å². The Bertz CT molecular complexity index is 254. The van der Waals surface area contributed by atoms with Gasteiger partial charge < -0.3 is 16.2 Å². The topological polar surface area (TPSA) is 75.3 Å². The van der Waals surface area contributed by atoms with Crippen LogP contribution in [0.15, 0.2) is 0 Å². The molecule has 4 N–H and O–H groups in total. The van der Waals surface area contributed by atoms with Gasteiger partial charge in [0.1, 0.15) is 0 Å². The summed E-state index contributed by atoms with van der Waals surface area (Å²) in [5.41, 5.74) is 4.91. The van der Waals surface area contributed by atoms with Gasteiger partial charge in [0.15, 0.2) is 0 Å². The molecular formula is C13H26N2O2. The molecular weight excluding hydrogens is 216 g/mol. The fourth-order valence-corrected chi connectivity index (χ4v) is 2.37. The van der Waals surface area contributed by atoms with Crippen LogP contribution in [-0.4, -0.2) is 29.7 Å². The molecule has 1 fully saturated rings. The molecule has 17 heavy (non-hydrogen) atoms. The maximum absolute atomic E-state index is 12.1. The number of amides is 1. The molecule has 0 heterocycles. The first-order valence-electron chi connectivity index (χ1n) is 6.70. The van der Waals surface area contributed by atoms with Crippen molar-refractivity contribution in [3.8, 4) is 0 Å². The fraction of sp³-hybridized carbons (Fsp3) is 0.923. The van der Waals surface area contributed by atoms with Crippen LogP contribution in [0.2, 0.25) is 0 Å². The quantitative estimate of drug-likeness (QED) is 0.674. The number of rotatable bonds is 5. The molecule has 0 radical (unpaired) electrons. The van der Waals surface area contributed by atoms with Gasteiger partial charge >= 0.3 is 0 Å². The number of nitrogens with one attached hydrogen (secondary N) is 1. The van der Waals surface area contributed by atoms with Crippen LogP contribution in [0.4, 0.5) is 0 Å². The van der Waals surface area contributed by atoms with Crippen LogP contribution < -0.4 is 11.1 Å². The Labute approximate surface area is 104 Å². The number of carbonyl (C=O) groups excluding carboxylic acids is 1. The Hall–Kier alpha value is -0.610. The zero-order valence-corrected chi connectivity index (χ0v) is 11.0. The van der Waals surface area contributed by atoms with Crippen LogP contribution >= 0.6 is 0 Å². The summed E-state index contributed by atoms with van der Waals surface area (Å²) >= 11 is 0. The smallest absolute Gasteiger partial charge is 0.223 e. The van der Waals surface area contributed by atoms with E-state index in [0.717, 1.165) is 19.3 Å². The van der Waals surface area contributed by atoms with E-state index >= 15 is 0 Å². The minimum absolute atomic E-state index is 0.0430. The molecule has 0 aromatic rings. The minimum atomic E-state index is -0.803. The number of hydrogen-bond acceptors (Lipinski definition) is 3. The highest BCUT2D eigenvalue weighted by Crippen LogP contribution is 2.29. The molecule has 3 atom stereocenters. The summed E-state index contributed by atoms with van der Waals surface area (Å²) in [5, 5.41) is 12.7. The fourth-order valence-electron chi connectivity index (χ4n) is 2.37. The molecule has 0 spiro atoms. The average Bonchev–Trinajstić information content (AvgIpc) is 2.36. The van der Waals surface area contributed by atoms with Crippen molar-refractivity contribution in [1.29, 1.82) is 0 Å². The van der Waals surface area contributed by atoms with Gasteiger partial charge in [0, 0.05) is 12.5 Å². The SMILES string of the molecule is CCC(C)(O)CNC(=O)C1CCCCC1CN. The largest absolute Gasteiger partial charge is 0.388 e. The van der Waals surface area contributed by atoms with Crippen LogP contribution in [0, 0.1) is 11.8 Å². The molecule has 1 amide bonds. The van der Waals surface area contributed by atoms with Gasteiger partial charge in [0.2, 0.25) is 5.91 Å². The molecule has 4 nitrogen and oxygen atoms in total. The lowest BCUT2D eigenvalue weighted by Gasteiger charge is -2.31. The van der Waals surface area contributed by atoms with Crippen molar-refractivity contribution in [3.05, 3.63) is 0 Å². The van der Waals surface area contributed by atoms with Gasteiger partial charge in [-0.2, -0.15) is 0 Å². The second-order valence-corrected chi connectivity index (χ2v) is 5.46. The van der Waals surface area contributed by atoms with Crippen molar-refractivity contribution < 1.29 is 9.90 Å². The van der Waals surface area contributed by atoms with Crippen LogP contribution in [0.1, 0.15) is 46.0 Å². The molecule has 1 aliphatic carbocycles. The van der Waals surface area contributed by atoms with Gasteiger partial charge in [-0.1, -0.05) is 19.8 Å². The van der Waals surface area contributed by atoms with E-state index in [-0.39, 0.29) is 11.8 Å². The molecule has 0 bridgehead atoms. The Kier molecular flexibility index (Phi) is 5.40. The van der Waals surface area contributed by atoms with E-state index in [4.69, 9.17) is 5.73 Å². The lowest BCUT2D eigenvalue weighted by molar-refractivity contribution is -0.128. The highest BCUT2D eigenvalue weighted by Gasteiger charge is 2.30. The zero-order chi connectivity index (χ0) is 12.9. The number of carbonyl (C=O) groups is 1. The average molecular weight is 242 g/mol. The van der Waals surface area contributed by atoms with Gasteiger partial charge in [0.05, 0.1) is 5.60 Å². The highest BCUT2D eigenvalue weighted by molar-refractivity contribution is 5.79. The molecule has 4 heteroatoms. The minimum Gasteiger partial charge on any atom is -0.388 e. The molecule has 1 aliphatic rings. The van der Waals surface area contributed by atoms with E-state index in [0.29, 0.717) is 25.4 Å². The lowest BCUT2D eigenvalue weighted by Crippen LogP contribution is -2.45. The first kappa shape index (κ1) is 14.5. The third kappa shape index (κ3) is 4.28. The van der Waals surface area contributed by atoms with Gasteiger partial charge in [-0.3, -0.25) is 4.79 Å². The number of hydrogen-bond donors (Lipinski definition) is 3. The van der Waals surface area contributed by atoms with E-state index in [1.165, 1.54) is 6.42 Å². The first-order chi connectivity index (χ1) is 8.00. The van der Waals surface area contributed by atoms with Gasteiger partial charge in [-0.15, -0.1) is 0 Å². The van der Waals surface area contributed by atoms with Crippen molar-refractivity contribution in [3.63, 3.8) is 0 Å². The molecule has 0 aromatic carbocycles. The normalized spacial score (nSPS) is 28.5. The Balaban J connectivity index is 2.45. The first-order valence-corrected chi connectivity index (χ1v) is 6.70. The molecule has 0 aromatic heterocycles. The monoisotopic (exact) mass is 242 g/mol. The van der Waals surface area contributed by atoms with E-state index in [1.54, 1.807) is 6.92 Å². The maximum atomic E-state index is 12.1. The van der Waals surface area contributed by atoms with Crippen molar-refractivity contribution in [1.82, 2.24) is 5.32 Å². The second-order valence-electron chi connectivity index (χ2n) is 5.46.